The Morgan fingerprint density at radius 2 is 1.06 bits per heavy atom. The molecule has 0 saturated heterocycles. The van der Waals surface area contributed by atoms with Gasteiger partial charge in [-0.15, -0.1) is 40.8 Å². The Kier molecular flexibility index (Phi) is 15.5. The third kappa shape index (κ3) is 10.6. The zero-order valence-electron chi connectivity index (χ0n) is 33.3. The number of halogens is 8. The summed E-state index contributed by atoms with van der Waals surface area (Å²) in [5.41, 5.74) is 6.11. The second-order valence-corrected chi connectivity index (χ2v) is 16.9. The van der Waals surface area contributed by atoms with Crippen LogP contribution in [0.15, 0.2) is 118 Å². The monoisotopic (exact) mass is 1180 g/mol. The number of nitrogens with zero attached hydrogens (tertiary/aromatic N) is 13. The highest BCUT2D eigenvalue weighted by Gasteiger charge is 2.14. The molecule has 0 aliphatic rings. The van der Waals surface area contributed by atoms with Gasteiger partial charge in [-0.25, -0.2) is 13.8 Å². The Bertz CT molecular complexity index is 3050. The zero-order chi connectivity index (χ0) is 45.3. The predicted molar refractivity (Wildman–Crippen MR) is 246 cm³/mol. The summed E-state index contributed by atoms with van der Waals surface area (Å²) in [6, 6.07) is 19.9. The number of aromatic nitrogens is 13. The van der Waals surface area contributed by atoms with Gasteiger partial charge >= 0.3 is 0 Å². The molecule has 0 bridgehead atoms. The van der Waals surface area contributed by atoms with E-state index in [1.54, 1.807) is 38.1 Å². The molecule has 0 atom stereocenters. The summed E-state index contributed by atoms with van der Waals surface area (Å²) in [5.74, 6) is -1.06. The SMILES string of the molecule is COc1cc(F)cc(F)c1CCc1ccc(Br)c2nncn12.COc1ncccc1CCc1ccc(Br)c2nncn12.Fc1ccc(Br)c2nncn12.Fc1ccc(I)c2nncn12. The maximum atomic E-state index is 14.0. The van der Waals surface area contributed by atoms with Crippen LogP contribution in [0.4, 0.5) is 17.6 Å². The van der Waals surface area contributed by atoms with Crippen LogP contribution >= 0.6 is 70.4 Å². The van der Waals surface area contributed by atoms with Gasteiger partial charge in [0.2, 0.25) is 17.8 Å². The van der Waals surface area contributed by atoms with Crippen molar-refractivity contribution in [3.63, 3.8) is 0 Å². The molecule has 23 heteroatoms. The van der Waals surface area contributed by atoms with E-state index in [2.05, 4.69) is 122 Å². The van der Waals surface area contributed by atoms with E-state index in [0.29, 0.717) is 41.2 Å². The molecule has 9 heterocycles. The molecule has 15 nitrogen and oxygen atoms in total. The van der Waals surface area contributed by atoms with Crippen LogP contribution < -0.4 is 9.47 Å². The van der Waals surface area contributed by atoms with Crippen molar-refractivity contribution < 1.29 is 27.0 Å². The highest BCUT2D eigenvalue weighted by Crippen LogP contribution is 2.26. The molecule has 10 rings (SSSR count). The van der Waals surface area contributed by atoms with Crippen molar-refractivity contribution in [3.05, 3.63) is 167 Å². The number of fused-ring (bicyclic) bond motifs is 4. The fourth-order valence-electron chi connectivity index (χ4n) is 6.29. The summed E-state index contributed by atoms with van der Waals surface area (Å²) in [6.07, 6.45) is 10.4. The first-order valence-electron chi connectivity index (χ1n) is 18.7. The Labute approximate surface area is 399 Å². The highest BCUT2D eigenvalue weighted by molar-refractivity contribution is 14.1. The molecule has 0 aliphatic carbocycles. The van der Waals surface area contributed by atoms with Crippen LogP contribution in [0.2, 0.25) is 0 Å². The topological polar surface area (TPSA) is 152 Å². The summed E-state index contributed by atoms with van der Waals surface area (Å²) < 4.78 is 73.1. The molecular formula is C41H31Br3F4IN13O2. The van der Waals surface area contributed by atoms with Gasteiger partial charge in [0.1, 0.15) is 42.7 Å². The molecular weight excluding hydrogens is 1150 g/mol. The van der Waals surface area contributed by atoms with E-state index in [1.807, 2.05) is 39.1 Å². The van der Waals surface area contributed by atoms with Gasteiger partial charge in [0.25, 0.3) is 0 Å². The molecule has 0 unspecified atom stereocenters. The summed E-state index contributed by atoms with van der Waals surface area (Å²) in [7, 11) is 3.04. The summed E-state index contributed by atoms with van der Waals surface area (Å²) in [4.78, 5) is 4.21. The maximum absolute atomic E-state index is 14.0. The molecule has 0 aliphatic heterocycles. The third-order valence-electron chi connectivity index (χ3n) is 9.37. The number of ether oxygens (including phenoxy) is 2. The van der Waals surface area contributed by atoms with E-state index in [-0.39, 0.29) is 17.6 Å². The van der Waals surface area contributed by atoms with Crippen LogP contribution in [0, 0.1) is 27.1 Å². The van der Waals surface area contributed by atoms with Crippen LogP contribution in [-0.4, -0.2) is 77.6 Å². The Hall–Kier alpha value is -5.66. The van der Waals surface area contributed by atoms with Gasteiger partial charge < -0.3 is 9.47 Å². The molecule has 0 fully saturated rings. The van der Waals surface area contributed by atoms with E-state index < -0.39 is 11.6 Å². The zero-order valence-corrected chi connectivity index (χ0v) is 40.2. The number of benzene rings is 1. The maximum Gasteiger partial charge on any atom is 0.216 e. The lowest BCUT2D eigenvalue weighted by Crippen LogP contribution is -2.03. The second-order valence-electron chi connectivity index (χ2n) is 13.2. The molecule has 0 N–H and O–H groups in total. The smallest absolute Gasteiger partial charge is 0.216 e. The molecule has 0 saturated carbocycles. The highest BCUT2D eigenvalue weighted by atomic mass is 127. The summed E-state index contributed by atoms with van der Waals surface area (Å²) in [6.45, 7) is 0. The van der Waals surface area contributed by atoms with Crippen LogP contribution in [-0.2, 0) is 25.7 Å². The van der Waals surface area contributed by atoms with E-state index in [0.717, 1.165) is 58.5 Å². The number of rotatable bonds is 8. The number of hydrogen-bond acceptors (Lipinski definition) is 11. The number of methoxy groups -OCH3 is 2. The summed E-state index contributed by atoms with van der Waals surface area (Å²) in [5, 5.41) is 30.6. The quantitative estimate of drug-likeness (QED) is 0.0813. The number of pyridine rings is 5. The van der Waals surface area contributed by atoms with E-state index >= 15 is 0 Å². The average Bonchev–Trinajstić information content (AvgIpc) is 4.15. The molecule has 328 valence electrons. The Morgan fingerprint density at radius 1 is 0.562 bits per heavy atom. The Morgan fingerprint density at radius 3 is 1.61 bits per heavy atom. The molecule has 1 aromatic carbocycles. The minimum Gasteiger partial charge on any atom is -0.496 e. The average molecular weight is 1180 g/mol. The Balaban J connectivity index is 0.000000133. The second kappa shape index (κ2) is 21.3. The van der Waals surface area contributed by atoms with Crippen molar-refractivity contribution in [2.75, 3.05) is 14.2 Å². The van der Waals surface area contributed by atoms with Crippen LogP contribution in [0.1, 0.15) is 22.5 Å². The predicted octanol–water partition coefficient (Wildman–Crippen LogP) is 9.35. The van der Waals surface area contributed by atoms with Crippen LogP contribution in [0.3, 0.4) is 0 Å². The lowest BCUT2D eigenvalue weighted by Gasteiger charge is -2.11. The minimum absolute atomic E-state index is 0.217. The van der Waals surface area contributed by atoms with Gasteiger partial charge in [-0.05, 0) is 151 Å². The van der Waals surface area contributed by atoms with Crippen molar-refractivity contribution in [3.8, 4) is 11.6 Å². The van der Waals surface area contributed by atoms with Crippen molar-refractivity contribution in [2.45, 2.75) is 25.7 Å². The molecule has 0 spiro atoms. The van der Waals surface area contributed by atoms with Gasteiger partial charge in [0, 0.05) is 40.8 Å². The first-order chi connectivity index (χ1) is 31.0. The fraction of sp³-hybridized carbons (Fsp3) is 0.146. The normalized spacial score (nSPS) is 10.9. The first-order valence-corrected chi connectivity index (χ1v) is 22.1. The van der Waals surface area contributed by atoms with Crippen molar-refractivity contribution in [1.29, 1.82) is 0 Å². The third-order valence-corrected chi connectivity index (χ3v) is 12.1. The molecule has 10 aromatic rings. The molecule has 9 aromatic heterocycles. The van der Waals surface area contributed by atoms with Gasteiger partial charge in [0.15, 0.2) is 22.6 Å². The van der Waals surface area contributed by atoms with Gasteiger partial charge in [0.05, 0.1) is 31.2 Å². The molecule has 64 heavy (non-hydrogen) atoms. The van der Waals surface area contributed by atoms with Crippen LogP contribution in [0.5, 0.6) is 11.6 Å². The molecule has 0 radical (unpaired) electrons. The van der Waals surface area contributed by atoms with Gasteiger partial charge in [-0.3, -0.25) is 17.6 Å². The van der Waals surface area contributed by atoms with Gasteiger partial charge in [-0.1, -0.05) is 6.07 Å². The first kappa shape index (κ1) is 46.3. The van der Waals surface area contributed by atoms with E-state index in [9.17, 15) is 17.6 Å². The standard InChI is InChI=1S/C15H12BrF2N3O.C14H13BrN4O.C6H3BrFN3.C6H3FIN3/c1-22-14-7-9(17)6-13(18)11(14)4-2-10-3-5-12(16)15-20-19-8-21(10)15;1-20-14-10(3-2-8-16-14)4-5-11-6-7-12(15)13-18-17-9-19(11)13;7-4-1-2-5(8)11-3-9-10-6(4)11;7-5-2-1-4(8)6-10-9-3-11(5)6/h3,5-8H,2,4H2,1H3;2-3,6-9H,4-5H2,1H3;2*1-3H. The van der Waals surface area contributed by atoms with E-state index in [1.165, 1.54) is 46.8 Å². The minimum atomic E-state index is -0.650. The van der Waals surface area contributed by atoms with Crippen molar-refractivity contribution in [1.82, 2.24) is 63.4 Å². The largest absolute Gasteiger partial charge is 0.496 e. The van der Waals surface area contributed by atoms with E-state index in [4.69, 9.17) is 9.47 Å². The lowest BCUT2D eigenvalue weighted by atomic mass is 10.1. The van der Waals surface area contributed by atoms with Crippen LogP contribution in [0.25, 0.3) is 22.6 Å². The number of aryl methyl sites for hydroxylation is 3. The lowest BCUT2D eigenvalue weighted by molar-refractivity contribution is 0.392. The van der Waals surface area contributed by atoms with Gasteiger partial charge in [-0.2, -0.15) is 8.78 Å². The molecule has 0 amide bonds. The fourth-order valence-corrected chi connectivity index (χ4v) is 8.05. The van der Waals surface area contributed by atoms with Crippen molar-refractivity contribution in [2.24, 2.45) is 0 Å². The van der Waals surface area contributed by atoms with Crippen molar-refractivity contribution >= 4 is 93.0 Å². The summed E-state index contributed by atoms with van der Waals surface area (Å²) >= 11 is 12.2. The number of hydrogen-bond donors (Lipinski definition) is 0.